The number of rotatable bonds is 4. The number of hydrogen-bond donors (Lipinski definition) is 1. The van der Waals surface area contributed by atoms with Gasteiger partial charge in [-0.05, 0) is 35.2 Å². The molecule has 0 spiro atoms. The molecule has 1 aromatic carbocycles. The first-order valence-corrected chi connectivity index (χ1v) is 8.34. The maximum Gasteiger partial charge on any atom is 0.265 e. The fourth-order valence-corrected chi connectivity index (χ4v) is 3.23. The molecule has 1 heterocycles. The number of anilines is 1. The Bertz CT molecular complexity index is 751. The molecule has 0 atom stereocenters. The van der Waals surface area contributed by atoms with Gasteiger partial charge in [-0.25, -0.2) is 8.42 Å². The molecule has 22 heavy (non-hydrogen) atoms. The molecule has 0 radical (unpaired) electrons. The van der Waals surface area contributed by atoms with Gasteiger partial charge < -0.3 is 4.74 Å². The summed E-state index contributed by atoms with van der Waals surface area (Å²) < 4.78 is 33.0. The molecular weight excluding hydrogens is 300 g/mol. The van der Waals surface area contributed by atoms with Gasteiger partial charge in [0.2, 0.25) is 0 Å². The second-order valence-corrected chi connectivity index (χ2v) is 7.61. The van der Waals surface area contributed by atoms with Crippen molar-refractivity contribution >= 4 is 15.7 Å². The molecule has 0 aliphatic heterocycles. The minimum atomic E-state index is -3.75. The minimum Gasteiger partial charge on any atom is -0.495 e. The molecule has 1 N–H and O–H groups in total. The fourth-order valence-electron chi connectivity index (χ4n) is 1.99. The molecule has 1 aromatic heterocycles. The van der Waals surface area contributed by atoms with Crippen molar-refractivity contribution in [1.29, 1.82) is 0 Å². The normalized spacial score (nSPS) is 12.0. The van der Waals surface area contributed by atoms with Gasteiger partial charge in [0.1, 0.15) is 10.6 Å². The summed E-state index contributed by atoms with van der Waals surface area (Å²) in [5, 5.41) is 0. The summed E-state index contributed by atoms with van der Waals surface area (Å²) in [4.78, 5) is 4.02. The average molecular weight is 320 g/mol. The zero-order valence-corrected chi connectivity index (χ0v) is 13.9. The Labute approximate surface area is 131 Å². The van der Waals surface area contributed by atoms with Crippen molar-refractivity contribution in [2.45, 2.75) is 31.1 Å². The summed E-state index contributed by atoms with van der Waals surface area (Å²) in [6.45, 7) is 6.08. The van der Waals surface area contributed by atoms with Gasteiger partial charge >= 0.3 is 0 Å². The smallest absolute Gasteiger partial charge is 0.265 e. The van der Waals surface area contributed by atoms with Crippen molar-refractivity contribution < 1.29 is 13.2 Å². The molecule has 0 bridgehead atoms. The Balaban J connectivity index is 2.49. The highest BCUT2D eigenvalue weighted by atomic mass is 32.2. The van der Waals surface area contributed by atoms with Crippen molar-refractivity contribution in [1.82, 2.24) is 4.98 Å². The van der Waals surface area contributed by atoms with Crippen LogP contribution in [0.1, 0.15) is 26.3 Å². The van der Waals surface area contributed by atoms with Crippen molar-refractivity contribution in [3.05, 3.63) is 48.3 Å². The van der Waals surface area contributed by atoms with E-state index in [-0.39, 0.29) is 10.3 Å². The van der Waals surface area contributed by atoms with Crippen molar-refractivity contribution in [2.75, 3.05) is 11.8 Å². The van der Waals surface area contributed by atoms with Gasteiger partial charge in [0.15, 0.2) is 0 Å². The summed E-state index contributed by atoms with van der Waals surface area (Å²) in [7, 11) is -2.30. The molecule has 0 fully saturated rings. The maximum atomic E-state index is 12.6. The summed E-state index contributed by atoms with van der Waals surface area (Å²) >= 11 is 0. The van der Waals surface area contributed by atoms with Gasteiger partial charge in [-0.15, -0.1) is 0 Å². The summed E-state index contributed by atoms with van der Waals surface area (Å²) in [5.74, 6) is 0.310. The number of pyridine rings is 1. The SMILES string of the molecule is COc1ccc(C(C)(C)C)cc1S(=O)(=O)Nc1cccnc1. The number of sulfonamides is 1. The lowest BCUT2D eigenvalue weighted by Gasteiger charge is -2.21. The molecule has 5 nitrogen and oxygen atoms in total. The van der Waals surface area contributed by atoms with Crippen LogP contribution < -0.4 is 9.46 Å². The largest absolute Gasteiger partial charge is 0.495 e. The number of aromatic nitrogens is 1. The standard InChI is InChI=1S/C16H20N2O3S/c1-16(2,3)12-7-8-14(21-4)15(10-12)22(19,20)18-13-6-5-9-17-11-13/h5-11,18H,1-4H3. The van der Waals surface area contributed by atoms with E-state index in [0.29, 0.717) is 11.4 Å². The number of hydrogen-bond acceptors (Lipinski definition) is 4. The second-order valence-electron chi connectivity index (χ2n) is 5.96. The molecular formula is C16H20N2O3S. The van der Waals surface area contributed by atoms with E-state index in [9.17, 15) is 8.42 Å². The Kier molecular flexibility index (Phi) is 4.42. The molecule has 0 saturated carbocycles. The van der Waals surface area contributed by atoms with Gasteiger partial charge in [-0.3, -0.25) is 9.71 Å². The summed E-state index contributed by atoms with van der Waals surface area (Å²) in [6.07, 6.45) is 3.04. The number of benzene rings is 1. The van der Waals surface area contributed by atoms with Crippen molar-refractivity contribution in [3.63, 3.8) is 0 Å². The molecule has 0 amide bonds. The molecule has 6 heteroatoms. The van der Waals surface area contributed by atoms with Crippen LogP contribution in [0.5, 0.6) is 5.75 Å². The van der Waals surface area contributed by atoms with Crippen molar-refractivity contribution in [3.8, 4) is 5.75 Å². The quantitative estimate of drug-likeness (QED) is 0.939. The third kappa shape index (κ3) is 3.57. The van der Waals surface area contributed by atoms with Crippen LogP contribution in [0, 0.1) is 0 Å². The number of methoxy groups -OCH3 is 1. The topological polar surface area (TPSA) is 68.3 Å². The lowest BCUT2D eigenvalue weighted by atomic mass is 9.87. The molecule has 0 unspecified atom stereocenters. The first-order chi connectivity index (χ1) is 10.2. The van der Waals surface area contributed by atoms with Crippen LogP contribution in [0.25, 0.3) is 0 Å². The zero-order valence-electron chi connectivity index (χ0n) is 13.1. The van der Waals surface area contributed by atoms with E-state index in [4.69, 9.17) is 4.74 Å². The third-order valence-corrected chi connectivity index (χ3v) is 4.64. The number of nitrogens with zero attached hydrogens (tertiary/aromatic N) is 1. The first kappa shape index (κ1) is 16.3. The highest BCUT2D eigenvalue weighted by molar-refractivity contribution is 7.92. The zero-order chi connectivity index (χ0) is 16.4. The van der Waals surface area contributed by atoms with E-state index in [1.54, 1.807) is 30.5 Å². The summed E-state index contributed by atoms with van der Waals surface area (Å²) in [6, 6.07) is 8.52. The van der Waals surface area contributed by atoms with Crippen LogP contribution in [0.2, 0.25) is 0 Å². The van der Waals surface area contributed by atoms with Gasteiger partial charge in [-0.2, -0.15) is 0 Å². The van der Waals surface area contributed by atoms with Gasteiger partial charge in [0.05, 0.1) is 19.0 Å². The Hall–Kier alpha value is -2.08. The van der Waals surface area contributed by atoms with E-state index in [0.717, 1.165) is 5.56 Å². The Morgan fingerprint density at radius 2 is 1.91 bits per heavy atom. The lowest BCUT2D eigenvalue weighted by Crippen LogP contribution is -2.17. The lowest BCUT2D eigenvalue weighted by molar-refractivity contribution is 0.402. The van der Waals surface area contributed by atoms with Crippen molar-refractivity contribution in [2.24, 2.45) is 0 Å². The van der Waals surface area contributed by atoms with E-state index >= 15 is 0 Å². The van der Waals surface area contributed by atoms with E-state index in [1.807, 2.05) is 26.8 Å². The van der Waals surface area contributed by atoms with Gasteiger partial charge in [0, 0.05) is 6.20 Å². The second kappa shape index (κ2) is 5.96. The maximum absolute atomic E-state index is 12.6. The van der Waals surface area contributed by atoms with Crippen LogP contribution in [0.15, 0.2) is 47.6 Å². The predicted molar refractivity (Wildman–Crippen MR) is 86.7 cm³/mol. The number of ether oxygens (including phenoxy) is 1. The molecule has 0 saturated heterocycles. The Morgan fingerprint density at radius 3 is 2.45 bits per heavy atom. The van der Waals surface area contributed by atoms with E-state index < -0.39 is 10.0 Å². The highest BCUT2D eigenvalue weighted by Gasteiger charge is 2.23. The molecule has 2 rings (SSSR count). The third-order valence-electron chi connectivity index (χ3n) is 3.23. The molecule has 118 valence electrons. The summed E-state index contributed by atoms with van der Waals surface area (Å²) in [5.41, 5.74) is 1.16. The first-order valence-electron chi connectivity index (χ1n) is 6.85. The molecule has 0 aliphatic carbocycles. The van der Waals surface area contributed by atoms with Gasteiger partial charge in [-0.1, -0.05) is 26.8 Å². The Morgan fingerprint density at radius 1 is 1.18 bits per heavy atom. The highest BCUT2D eigenvalue weighted by Crippen LogP contribution is 2.31. The van der Waals surface area contributed by atoms with E-state index in [2.05, 4.69) is 9.71 Å². The average Bonchev–Trinajstić information content (AvgIpc) is 2.46. The monoisotopic (exact) mass is 320 g/mol. The fraction of sp³-hybridized carbons (Fsp3) is 0.312. The van der Waals surface area contributed by atoms with Crippen LogP contribution in [-0.4, -0.2) is 20.5 Å². The van der Waals surface area contributed by atoms with E-state index in [1.165, 1.54) is 13.3 Å². The van der Waals surface area contributed by atoms with Crippen LogP contribution in [0.4, 0.5) is 5.69 Å². The molecule has 2 aromatic rings. The van der Waals surface area contributed by atoms with Crippen LogP contribution in [-0.2, 0) is 15.4 Å². The number of nitrogens with one attached hydrogen (secondary N) is 1. The minimum absolute atomic E-state index is 0.117. The van der Waals surface area contributed by atoms with Crippen LogP contribution >= 0.6 is 0 Å². The van der Waals surface area contributed by atoms with Crippen LogP contribution in [0.3, 0.4) is 0 Å². The van der Waals surface area contributed by atoms with Gasteiger partial charge in [0.25, 0.3) is 10.0 Å². The predicted octanol–water partition coefficient (Wildman–Crippen LogP) is 3.19. The molecule has 0 aliphatic rings.